The molecule has 0 bridgehead atoms. The second kappa shape index (κ2) is 4.43. The highest BCUT2D eigenvalue weighted by molar-refractivity contribution is 5.62. The quantitative estimate of drug-likeness (QED) is 0.914. The van der Waals surface area contributed by atoms with Crippen LogP contribution in [0.25, 0.3) is 11.1 Å². The van der Waals surface area contributed by atoms with E-state index in [0.717, 1.165) is 5.56 Å². The van der Waals surface area contributed by atoms with E-state index < -0.39 is 0 Å². The predicted octanol–water partition coefficient (Wildman–Crippen LogP) is 2.69. The first kappa shape index (κ1) is 11.8. The molecule has 3 rings (SSSR count). The summed E-state index contributed by atoms with van der Waals surface area (Å²) in [6.07, 6.45) is 4.17. The van der Waals surface area contributed by atoms with Gasteiger partial charge in [0.05, 0.1) is 23.2 Å². The Hall–Kier alpha value is -2.28. The van der Waals surface area contributed by atoms with Crippen LogP contribution in [-0.2, 0) is 0 Å². The zero-order valence-electron chi connectivity index (χ0n) is 10.8. The Morgan fingerprint density at radius 2 is 2.05 bits per heavy atom. The Morgan fingerprint density at radius 1 is 1.37 bits per heavy atom. The second-order valence-electron chi connectivity index (χ2n) is 5.13. The molecule has 1 saturated carbocycles. The van der Waals surface area contributed by atoms with Gasteiger partial charge in [-0.05, 0) is 43.4 Å². The summed E-state index contributed by atoms with van der Waals surface area (Å²) in [5.41, 5.74) is 2.13. The van der Waals surface area contributed by atoms with Crippen LogP contribution in [0.1, 0.15) is 31.4 Å². The largest absolute Gasteiger partial charge is 0.302 e. The molecule has 1 aromatic carbocycles. The minimum absolute atomic E-state index is 0.0177. The van der Waals surface area contributed by atoms with Crippen LogP contribution in [0.4, 0.5) is 0 Å². The maximum Gasteiger partial charge on any atom is 0.274 e. The van der Waals surface area contributed by atoms with Gasteiger partial charge in [-0.15, -0.1) is 0 Å². The van der Waals surface area contributed by atoms with Gasteiger partial charge in [-0.25, -0.2) is 4.68 Å². The molecule has 2 aromatic rings. The Labute approximate surface area is 111 Å². The van der Waals surface area contributed by atoms with E-state index in [0.29, 0.717) is 17.0 Å². The molecule has 1 aliphatic carbocycles. The highest BCUT2D eigenvalue weighted by Gasteiger charge is 2.30. The summed E-state index contributed by atoms with van der Waals surface area (Å²) < 4.78 is 1.71. The first-order valence-corrected chi connectivity index (χ1v) is 6.51. The molecule has 1 aliphatic rings. The van der Waals surface area contributed by atoms with Gasteiger partial charge in [-0.2, -0.15) is 5.26 Å². The molecule has 4 heteroatoms. The topological polar surface area (TPSA) is 61.6 Å². The molecule has 4 nitrogen and oxygen atoms in total. The minimum atomic E-state index is 0.0177. The van der Waals surface area contributed by atoms with Crippen molar-refractivity contribution < 1.29 is 0 Å². The molecule has 96 valence electrons. The molecule has 0 saturated heterocycles. The maximum atomic E-state index is 12.4. The van der Waals surface area contributed by atoms with E-state index in [9.17, 15) is 4.79 Å². The monoisotopic (exact) mass is 253 g/mol. The van der Waals surface area contributed by atoms with Crippen molar-refractivity contribution in [2.45, 2.75) is 25.8 Å². The maximum absolute atomic E-state index is 12.4. The second-order valence-corrected chi connectivity index (χ2v) is 5.13. The minimum Gasteiger partial charge on any atom is -0.302 e. The zero-order valence-corrected chi connectivity index (χ0v) is 10.8. The standard InChI is InChI=1S/C15H15N3O/c1-10(12-6-7-12)18-15(19)14(9-17-18)13-4-2-11(8-16)3-5-13/h2-5,9-10,12,17H,6-7H2,1H3. The van der Waals surface area contributed by atoms with Crippen molar-refractivity contribution in [3.8, 4) is 17.2 Å². The fraction of sp³-hybridized carbons (Fsp3) is 0.333. The van der Waals surface area contributed by atoms with Gasteiger partial charge in [0.1, 0.15) is 0 Å². The number of nitrogens with zero attached hydrogens (tertiary/aromatic N) is 2. The van der Waals surface area contributed by atoms with Gasteiger partial charge in [-0.1, -0.05) is 12.1 Å². The van der Waals surface area contributed by atoms with Crippen LogP contribution in [0.15, 0.2) is 35.3 Å². The molecular weight excluding hydrogens is 238 g/mol. The number of hydrogen-bond donors (Lipinski definition) is 1. The van der Waals surface area contributed by atoms with Crippen molar-refractivity contribution in [2.24, 2.45) is 5.92 Å². The number of nitriles is 1. The summed E-state index contributed by atoms with van der Waals surface area (Å²) in [6, 6.07) is 9.41. The van der Waals surface area contributed by atoms with E-state index in [1.165, 1.54) is 12.8 Å². The van der Waals surface area contributed by atoms with E-state index in [1.54, 1.807) is 23.0 Å². The summed E-state index contributed by atoms with van der Waals surface area (Å²) in [5, 5.41) is 11.8. The van der Waals surface area contributed by atoms with E-state index in [-0.39, 0.29) is 11.6 Å². The van der Waals surface area contributed by atoms with Crippen LogP contribution in [0, 0.1) is 17.2 Å². The number of benzene rings is 1. The number of H-pyrrole nitrogens is 1. The lowest BCUT2D eigenvalue weighted by Crippen LogP contribution is -2.22. The third-order valence-electron chi connectivity index (χ3n) is 3.83. The summed E-state index contributed by atoms with van der Waals surface area (Å²) in [5.74, 6) is 0.630. The lowest BCUT2D eigenvalue weighted by atomic mass is 10.1. The number of hydrogen-bond acceptors (Lipinski definition) is 2. The first-order chi connectivity index (χ1) is 9.20. The summed E-state index contributed by atoms with van der Waals surface area (Å²) >= 11 is 0. The van der Waals surface area contributed by atoms with Gasteiger partial charge in [0.2, 0.25) is 0 Å². The van der Waals surface area contributed by atoms with Crippen molar-refractivity contribution in [3.05, 3.63) is 46.4 Å². The Bertz CT molecular complexity index is 683. The fourth-order valence-electron chi connectivity index (χ4n) is 2.41. The molecule has 1 N–H and O–H groups in total. The van der Waals surface area contributed by atoms with Crippen LogP contribution >= 0.6 is 0 Å². The summed E-state index contributed by atoms with van der Waals surface area (Å²) in [7, 11) is 0. The molecule has 1 fully saturated rings. The fourth-order valence-corrected chi connectivity index (χ4v) is 2.41. The molecule has 0 spiro atoms. The number of aromatic nitrogens is 2. The SMILES string of the molecule is CC(C1CC1)n1[nH]cc(-c2ccc(C#N)cc2)c1=O. The third kappa shape index (κ3) is 2.08. The van der Waals surface area contributed by atoms with Gasteiger partial charge in [0.15, 0.2) is 0 Å². The predicted molar refractivity (Wildman–Crippen MR) is 72.6 cm³/mol. The van der Waals surface area contributed by atoms with Crippen LogP contribution in [0.5, 0.6) is 0 Å². The molecule has 0 aliphatic heterocycles. The van der Waals surface area contributed by atoms with Gasteiger partial charge in [-0.3, -0.25) is 4.79 Å². The van der Waals surface area contributed by atoms with E-state index in [2.05, 4.69) is 18.1 Å². The third-order valence-corrected chi connectivity index (χ3v) is 3.83. The van der Waals surface area contributed by atoms with E-state index in [1.807, 2.05) is 12.1 Å². The van der Waals surface area contributed by atoms with Crippen LogP contribution in [-0.4, -0.2) is 9.78 Å². The van der Waals surface area contributed by atoms with E-state index >= 15 is 0 Å². The molecule has 1 unspecified atom stereocenters. The Morgan fingerprint density at radius 3 is 2.63 bits per heavy atom. The van der Waals surface area contributed by atoms with Crippen molar-refractivity contribution >= 4 is 0 Å². The summed E-state index contributed by atoms with van der Waals surface area (Å²) in [6.45, 7) is 2.08. The van der Waals surface area contributed by atoms with Crippen LogP contribution < -0.4 is 5.56 Å². The van der Waals surface area contributed by atoms with Crippen LogP contribution in [0.3, 0.4) is 0 Å². The average molecular weight is 253 g/mol. The highest BCUT2D eigenvalue weighted by atomic mass is 16.1. The van der Waals surface area contributed by atoms with Gasteiger partial charge < -0.3 is 5.10 Å². The lowest BCUT2D eigenvalue weighted by molar-refractivity contribution is 0.429. The normalized spacial score (nSPS) is 16.0. The molecule has 1 aromatic heterocycles. The van der Waals surface area contributed by atoms with Crippen molar-refractivity contribution in [1.82, 2.24) is 9.78 Å². The molecule has 1 atom stereocenters. The van der Waals surface area contributed by atoms with E-state index in [4.69, 9.17) is 5.26 Å². The lowest BCUT2D eigenvalue weighted by Gasteiger charge is -2.09. The van der Waals surface area contributed by atoms with Gasteiger partial charge >= 0.3 is 0 Å². The smallest absolute Gasteiger partial charge is 0.274 e. The molecule has 19 heavy (non-hydrogen) atoms. The first-order valence-electron chi connectivity index (χ1n) is 6.51. The van der Waals surface area contributed by atoms with Crippen molar-refractivity contribution in [1.29, 1.82) is 5.26 Å². The molecule has 1 heterocycles. The van der Waals surface area contributed by atoms with Gasteiger partial charge in [0.25, 0.3) is 5.56 Å². The number of rotatable bonds is 3. The van der Waals surface area contributed by atoms with Crippen molar-refractivity contribution in [2.75, 3.05) is 0 Å². The van der Waals surface area contributed by atoms with Gasteiger partial charge in [0, 0.05) is 6.20 Å². The molecule has 0 radical (unpaired) electrons. The Kier molecular flexibility index (Phi) is 2.75. The van der Waals surface area contributed by atoms with Crippen molar-refractivity contribution in [3.63, 3.8) is 0 Å². The highest BCUT2D eigenvalue weighted by Crippen LogP contribution is 2.38. The van der Waals surface area contributed by atoms with Crippen LogP contribution in [0.2, 0.25) is 0 Å². The molecular formula is C15H15N3O. The Balaban J connectivity index is 1.97. The molecule has 0 amide bonds. The average Bonchev–Trinajstić information content (AvgIpc) is 3.22. The zero-order chi connectivity index (χ0) is 13.4. The number of nitrogens with one attached hydrogen (secondary N) is 1. The summed E-state index contributed by atoms with van der Waals surface area (Å²) in [4.78, 5) is 12.4. The number of aromatic amines is 1.